The second-order valence-electron chi connectivity index (χ2n) is 12.1. The number of amides is 1. The van der Waals surface area contributed by atoms with E-state index in [1.807, 2.05) is 39.0 Å². The molecule has 40 heavy (non-hydrogen) atoms. The van der Waals surface area contributed by atoms with Crippen molar-refractivity contribution in [2.24, 2.45) is 0 Å². The van der Waals surface area contributed by atoms with Crippen molar-refractivity contribution in [1.82, 2.24) is 10.2 Å². The number of anilines is 1. The minimum atomic E-state index is -0.465. The fourth-order valence-electron chi connectivity index (χ4n) is 5.28. The van der Waals surface area contributed by atoms with Crippen LogP contribution in [0, 0.1) is 11.6 Å². The molecule has 1 amide bonds. The van der Waals surface area contributed by atoms with E-state index in [0.717, 1.165) is 34.4 Å². The summed E-state index contributed by atoms with van der Waals surface area (Å²) in [6.07, 6.45) is 1.59. The molecule has 0 saturated carbocycles. The first kappa shape index (κ1) is 29.5. The van der Waals surface area contributed by atoms with Gasteiger partial charge in [0.25, 0.3) is 0 Å². The van der Waals surface area contributed by atoms with Crippen molar-refractivity contribution in [2.45, 2.75) is 84.1 Å². The van der Waals surface area contributed by atoms with Crippen molar-refractivity contribution in [1.29, 1.82) is 0 Å². The normalized spacial score (nSPS) is 16.4. The fraction of sp³-hybridized carbons (Fsp3) is 0.424. The summed E-state index contributed by atoms with van der Waals surface area (Å²) in [4.78, 5) is 15.0. The van der Waals surface area contributed by atoms with Gasteiger partial charge in [-0.15, -0.1) is 0 Å². The molecule has 3 aromatic carbocycles. The molecule has 1 aliphatic heterocycles. The Balaban J connectivity index is 1.63. The van der Waals surface area contributed by atoms with E-state index in [4.69, 9.17) is 4.74 Å². The molecule has 7 heteroatoms. The summed E-state index contributed by atoms with van der Waals surface area (Å²) in [6, 6.07) is 20.1. The van der Waals surface area contributed by atoms with E-state index in [2.05, 4.69) is 53.6 Å². The number of nitrogens with zero attached hydrogens (tertiary/aromatic N) is 1. The summed E-state index contributed by atoms with van der Waals surface area (Å²) in [5.41, 5.74) is 4.82. The van der Waals surface area contributed by atoms with Gasteiger partial charge < -0.3 is 15.4 Å². The fourth-order valence-corrected chi connectivity index (χ4v) is 5.28. The van der Waals surface area contributed by atoms with Crippen LogP contribution in [0.4, 0.5) is 19.3 Å². The molecule has 1 aliphatic rings. The predicted octanol–water partition coefficient (Wildman–Crippen LogP) is 6.89. The van der Waals surface area contributed by atoms with Gasteiger partial charge in [0.05, 0.1) is 0 Å². The number of ether oxygens (including phenoxy) is 1. The minimum Gasteiger partial charge on any atom is -0.448 e. The van der Waals surface area contributed by atoms with Gasteiger partial charge in [-0.2, -0.15) is 0 Å². The average Bonchev–Trinajstić information content (AvgIpc) is 2.87. The monoisotopic (exact) mass is 549 g/mol. The minimum absolute atomic E-state index is 0.0598. The first-order valence-corrected chi connectivity index (χ1v) is 14.0. The molecule has 2 N–H and O–H groups in total. The highest BCUT2D eigenvalue weighted by Gasteiger charge is 2.33. The lowest BCUT2D eigenvalue weighted by Gasteiger charge is -2.42. The molecule has 5 nitrogen and oxygen atoms in total. The third kappa shape index (κ3) is 8.52. The van der Waals surface area contributed by atoms with Crippen LogP contribution in [-0.2, 0) is 30.5 Å². The Morgan fingerprint density at radius 1 is 0.950 bits per heavy atom. The van der Waals surface area contributed by atoms with Gasteiger partial charge in [-0.1, -0.05) is 30.3 Å². The molecule has 0 aromatic heterocycles. The smallest absolute Gasteiger partial charge is 0.407 e. The van der Waals surface area contributed by atoms with Gasteiger partial charge in [-0.3, -0.25) is 4.90 Å². The van der Waals surface area contributed by atoms with Crippen LogP contribution in [0.1, 0.15) is 56.9 Å². The predicted molar refractivity (Wildman–Crippen MR) is 156 cm³/mol. The Kier molecular flexibility index (Phi) is 9.46. The Hall–Kier alpha value is -3.45. The maximum absolute atomic E-state index is 14.3. The third-order valence-corrected chi connectivity index (χ3v) is 7.06. The molecule has 0 saturated heterocycles. The molecule has 0 radical (unpaired) electrons. The van der Waals surface area contributed by atoms with Crippen molar-refractivity contribution in [3.63, 3.8) is 0 Å². The summed E-state index contributed by atoms with van der Waals surface area (Å²) in [5.74, 6) is -0.530. The van der Waals surface area contributed by atoms with Gasteiger partial charge in [0.2, 0.25) is 0 Å². The number of rotatable bonds is 9. The second-order valence-corrected chi connectivity index (χ2v) is 12.1. The van der Waals surface area contributed by atoms with Crippen LogP contribution in [0.25, 0.3) is 0 Å². The number of hydrogen-bond donors (Lipinski definition) is 2. The third-order valence-electron chi connectivity index (χ3n) is 7.06. The summed E-state index contributed by atoms with van der Waals surface area (Å²) in [7, 11) is 0. The van der Waals surface area contributed by atoms with E-state index < -0.39 is 11.6 Å². The molecule has 0 aliphatic carbocycles. The number of halogens is 2. The molecular formula is C33H41F2N3O2. The molecule has 0 bridgehead atoms. The Labute approximate surface area is 236 Å². The molecular weight excluding hydrogens is 508 g/mol. The average molecular weight is 550 g/mol. The van der Waals surface area contributed by atoms with Crippen LogP contribution in [-0.4, -0.2) is 41.3 Å². The quantitative estimate of drug-likeness (QED) is 0.305. The second kappa shape index (κ2) is 12.8. The Morgan fingerprint density at radius 3 is 2.25 bits per heavy atom. The van der Waals surface area contributed by atoms with Gasteiger partial charge in [0.1, 0.15) is 18.2 Å². The van der Waals surface area contributed by atoms with E-state index in [1.54, 1.807) is 6.07 Å². The molecule has 214 valence electrons. The largest absolute Gasteiger partial charge is 0.448 e. The zero-order valence-corrected chi connectivity index (χ0v) is 24.1. The van der Waals surface area contributed by atoms with E-state index in [1.165, 1.54) is 18.2 Å². The van der Waals surface area contributed by atoms with Crippen molar-refractivity contribution >= 4 is 11.8 Å². The first-order chi connectivity index (χ1) is 18.9. The number of carbonyl (C=O) groups is 1. The lowest BCUT2D eigenvalue weighted by atomic mass is 9.88. The molecule has 2 unspecified atom stereocenters. The highest BCUT2D eigenvalue weighted by molar-refractivity contribution is 5.68. The van der Waals surface area contributed by atoms with Crippen LogP contribution >= 0.6 is 0 Å². The Morgan fingerprint density at radius 2 is 1.60 bits per heavy atom. The van der Waals surface area contributed by atoms with Crippen molar-refractivity contribution in [2.75, 3.05) is 11.9 Å². The van der Waals surface area contributed by atoms with Crippen LogP contribution < -0.4 is 10.6 Å². The molecule has 1 heterocycles. The standard InChI is InChI=1S/C33H41F2N3O2/c1-22(2)36-29-14-8-24(9-15-29)17-31(21-40-32(39)37-33(3,4)5)38-20-26-18-28(35)13-10-25(26)19-30(38)16-23-6-11-27(34)12-7-23/h6-15,18,22,30-31,36H,16-17,19-21H2,1-5H3,(H,37,39). The highest BCUT2D eigenvalue weighted by atomic mass is 19.1. The van der Waals surface area contributed by atoms with Gasteiger partial charge in [-0.05, 0) is 113 Å². The molecule has 3 aromatic rings. The summed E-state index contributed by atoms with van der Waals surface area (Å²) >= 11 is 0. The Bertz CT molecular complexity index is 1270. The van der Waals surface area contributed by atoms with E-state index in [0.29, 0.717) is 25.4 Å². The lowest BCUT2D eigenvalue weighted by molar-refractivity contribution is 0.0498. The maximum Gasteiger partial charge on any atom is 0.407 e. The summed E-state index contributed by atoms with van der Waals surface area (Å²) in [5, 5.41) is 6.29. The van der Waals surface area contributed by atoms with E-state index >= 15 is 0 Å². The molecule has 0 fully saturated rings. The van der Waals surface area contributed by atoms with Crippen LogP contribution in [0.3, 0.4) is 0 Å². The number of carbonyl (C=O) groups excluding carboxylic acids is 1. The number of nitrogens with one attached hydrogen (secondary N) is 2. The van der Waals surface area contributed by atoms with Gasteiger partial charge >= 0.3 is 6.09 Å². The van der Waals surface area contributed by atoms with Gasteiger partial charge in [0.15, 0.2) is 0 Å². The van der Waals surface area contributed by atoms with Crippen LogP contribution in [0.15, 0.2) is 66.7 Å². The zero-order chi connectivity index (χ0) is 28.9. The van der Waals surface area contributed by atoms with Crippen molar-refractivity contribution in [3.8, 4) is 0 Å². The van der Waals surface area contributed by atoms with Crippen LogP contribution in [0.2, 0.25) is 0 Å². The highest BCUT2D eigenvalue weighted by Crippen LogP contribution is 2.30. The van der Waals surface area contributed by atoms with E-state index in [9.17, 15) is 13.6 Å². The number of hydrogen-bond acceptors (Lipinski definition) is 4. The van der Waals surface area contributed by atoms with Crippen LogP contribution in [0.5, 0.6) is 0 Å². The van der Waals surface area contributed by atoms with Crippen molar-refractivity contribution < 1.29 is 18.3 Å². The number of fused-ring (bicyclic) bond motifs is 1. The zero-order valence-electron chi connectivity index (χ0n) is 24.1. The van der Waals surface area contributed by atoms with E-state index in [-0.39, 0.29) is 30.3 Å². The van der Waals surface area contributed by atoms with Gasteiger partial charge in [-0.25, -0.2) is 13.6 Å². The molecule has 0 spiro atoms. The summed E-state index contributed by atoms with van der Waals surface area (Å²) in [6.45, 7) is 10.6. The number of benzene rings is 3. The number of alkyl carbamates (subject to hydrolysis) is 1. The molecule has 4 rings (SSSR count). The molecule has 2 atom stereocenters. The lowest BCUT2D eigenvalue weighted by Crippen LogP contribution is -2.51. The summed E-state index contributed by atoms with van der Waals surface area (Å²) < 4.78 is 33.7. The topological polar surface area (TPSA) is 53.6 Å². The van der Waals surface area contributed by atoms with Gasteiger partial charge in [0, 0.05) is 35.9 Å². The maximum atomic E-state index is 14.3. The SMILES string of the molecule is CC(C)Nc1ccc(CC(COC(=O)NC(C)(C)C)N2Cc3cc(F)ccc3CC2Cc2ccc(F)cc2)cc1. The first-order valence-electron chi connectivity index (χ1n) is 14.0. The van der Waals surface area contributed by atoms with Crippen molar-refractivity contribution in [3.05, 3.63) is 101 Å².